The van der Waals surface area contributed by atoms with Crippen LogP contribution in [0, 0.1) is 6.92 Å². The van der Waals surface area contributed by atoms with Gasteiger partial charge in [-0.1, -0.05) is 6.07 Å². The van der Waals surface area contributed by atoms with Gasteiger partial charge in [0.25, 0.3) is 0 Å². The molecule has 2 heterocycles. The summed E-state index contributed by atoms with van der Waals surface area (Å²) in [6.45, 7) is 3.79. The average Bonchev–Trinajstić information content (AvgIpc) is 3.10. The quantitative estimate of drug-likeness (QED) is 0.719. The second-order valence-electron chi connectivity index (χ2n) is 4.89. The fourth-order valence-corrected chi connectivity index (χ4v) is 2.12. The molecule has 24 heavy (non-hydrogen) atoms. The summed E-state index contributed by atoms with van der Waals surface area (Å²) in [6.07, 6.45) is 4.67. The van der Waals surface area contributed by atoms with Crippen molar-refractivity contribution in [2.45, 2.75) is 13.8 Å². The van der Waals surface area contributed by atoms with E-state index in [9.17, 15) is 4.79 Å². The Balaban J connectivity index is 1.92. The first kappa shape index (κ1) is 15.6. The summed E-state index contributed by atoms with van der Waals surface area (Å²) in [4.78, 5) is 21.9. The van der Waals surface area contributed by atoms with Crippen molar-refractivity contribution in [1.29, 1.82) is 0 Å². The van der Waals surface area contributed by atoms with Crippen molar-refractivity contribution >= 4 is 17.5 Å². The van der Waals surface area contributed by atoms with E-state index in [0.29, 0.717) is 11.6 Å². The number of anilines is 2. The van der Waals surface area contributed by atoms with E-state index in [1.54, 1.807) is 26.2 Å². The van der Waals surface area contributed by atoms with Crippen molar-refractivity contribution in [2.24, 2.45) is 0 Å². The Morgan fingerprint density at radius 1 is 1.29 bits per heavy atom. The Hall–Kier alpha value is -3.29. The topological polar surface area (TPSA) is 94.8 Å². The molecular formula is C16H16N6O2. The number of esters is 1. The molecule has 8 nitrogen and oxygen atoms in total. The molecule has 3 aromatic rings. The summed E-state index contributed by atoms with van der Waals surface area (Å²) in [6, 6.07) is 7.45. The van der Waals surface area contributed by atoms with Crippen molar-refractivity contribution in [3.05, 3.63) is 54.2 Å². The Morgan fingerprint density at radius 2 is 2.08 bits per heavy atom. The van der Waals surface area contributed by atoms with Crippen molar-refractivity contribution in [3.8, 4) is 5.69 Å². The standard InChI is InChI=1S/C16H16N6O2/c1-3-24-16(23)14-10-17-11(2)20-15(14)21-12-5-4-6-13(9-12)22-18-7-8-19-22/h4-10H,3H2,1-2H3,(H,17,20,21). The third-order valence-corrected chi connectivity index (χ3v) is 3.16. The van der Waals surface area contributed by atoms with Crippen LogP contribution in [0.3, 0.4) is 0 Å². The Morgan fingerprint density at radius 3 is 2.83 bits per heavy atom. The van der Waals surface area contributed by atoms with Crippen LogP contribution in [0.4, 0.5) is 11.5 Å². The molecule has 8 heteroatoms. The van der Waals surface area contributed by atoms with E-state index in [0.717, 1.165) is 11.4 Å². The molecule has 2 aromatic heterocycles. The molecule has 0 aliphatic carbocycles. The van der Waals surface area contributed by atoms with E-state index in [4.69, 9.17) is 4.74 Å². The summed E-state index contributed by atoms with van der Waals surface area (Å²) in [7, 11) is 0. The van der Waals surface area contributed by atoms with Gasteiger partial charge in [0.1, 0.15) is 17.2 Å². The number of rotatable bonds is 5. The lowest BCUT2D eigenvalue weighted by Crippen LogP contribution is -2.11. The highest BCUT2D eigenvalue weighted by Gasteiger charge is 2.15. The largest absolute Gasteiger partial charge is 0.462 e. The van der Waals surface area contributed by atoms with Crippen LogP contribution in [-0.2, 0) is 4.74 Å². The maximum atomic E-state index is 12.1. The van der Waals surface area contributed by atoms with Gasteiger partial charge in [0.05, 0.1) is 24.7 Å². The van der Waals surface area contributed by atoms with Crippen LogP contribution in [0.25, 0.3) is 5.69 Å². The molecule has 0 saturated carbocycles. The van der Waals surface area contributed by atoms with Crippen molar-refractivity contribution < 1.29 is 9.53 Å². The third kappa shape index (κ3) is 3.37. The number of aryl methyl sites for hydroxylation is 1. The predicted molar refractivity (Wildman–Crippen MR) is 87.4 cm³/mol. The van der Waals surface area contributed by atoms with Gasteiger partial charge in [-0.15, -0.1) is 0 Å². The molecule has 0 saturated heterocycles. The highest BCUT2D eigenvalue weighted by atomic mass is 16.5. The minimum atomic E-state index is -0.468. The van der Waals surface area contributed by atoms with Gasteiger partial charge >= 0.3 is 5.97 Å². The molecule has 1 aromatic carbocycles. The summed E-state index contributed by atoms with van der Waals surface area (Å²) >= 11 is 0. The minimum absolute atomic E-state index is 0.282. The number of hydrogen-bond donors (Lipinski definition) is 1. The molecule has 0 bridgehead atoms. The molecule has 0 unspecified atom stereocenters. The van der Waals surface area contributed by atoms with E-state index >= 15 is 0 Å². The normalized spacial score (nSPS) is 10.4. The zero-order chi connectivity index (χ0) is 16.9. The van der Waals surface area contributed by atoms with Crippen LogP contribution in [0.5, 0.6) is 0 Å². The number of ether oxygens (including phenoxy) is 1. The fraction of sp³-hybridized carbons (Fsp3) is 0.188. The van der Waals surface area contributed by atoms with Crippen LogP contribution in [0.15, 0.2) is 42.9 Å². The minimum Gasteiger partial charge on any atom is -0.462 e. The van der Waals surface area contributed by atoms with E-state index in [2.05, 4.69) is 25.5 Å². The highest BCUT2D eigenvalue weighted by Crippen LogP contribution is 2.21. The Labute approximate surface area is 138 Å². The molecule has 1 N–H and O–H groups in total. The number of carbonyl (C=O) groups is 1. The number of nitrogens with zero attached hydrogens (tertiary/aromatic N) is 5. The first-order chi connectivity index (χ1) is 11.7. The molecule has 0 radical (unpaired) electrons. The maximum absolute atomic E-state index is 12.1. The fourth-order valence-electron chi connectivity index (χ4n) is 2.12. The number of hydrogen-bond acceptors (Lipinski definition) is 7. The third-order valence-electron chi connectivity index (χ3n) is 3.16. The summed E-state index contributed by atoms with van der Waals surface area (Å²) < 4.78 is 5.05. The first-order valence-corrected chi connectivity index (χ1v) is 7.42. The molecule has 0 fully saturated rings. The van der Waals surface area contributed by atoms with Gasteiger partial charge in [-0.3, -0.25) is 0 Å². The molecule has 0 spiro atoms. The SMILES string of the molecule is CCOC(=O)c1cnc(C)nc1Nc1cccc(-n2nccn2)c1. The molecular weight excluding hydrogens is 308 g/mol. The average molecular weight is 324 g/mol. The molecule has 0 aliphatic heterocycles. The Bertz CT molecular complexity index is 848. The van der Waals surface area contributed by atoms with E-state index < -0.39 is 5.97 Å². The van der Waals surface area contributed by atoms with Crippen LogP contribution < -0.4 is 5.32 Å². The van der Waals surface area contributed by atoms with Crippen LogP contribution in [-0.4, -0.2) is 37.5 Å². The summed E-state index contributed by atoms with van der Waals surface area (Å²) in [5.74, 6) is 0.479. The molecule has 0 amide bonds. The van der Waals surface area contributed by atoms with Gasteiger partial charge in [0.15, 0.2) is 0 Å². The van der Waals surface area contributed by atoms with Gasteiger partial charge in [0, 0.05) is 11.9 Å². The van der Waals surface area contributed by atoms with E-state index in [1.165, 1.54) is 11.0 Å². The lowest BCUT2D eigenvalue weighted by Gasteiger charge is -2.11. The molecule has 3 rings (SSSR count). The summed E-state index contributed by atoms with van der Waals surface area (Å²) in [5.41, 5.74) is 1.81. The van der Waals surface area contributed by atoms with Crippen LogP contribution in [0.1, 0.15) is 23.1 Å². The predicted octanol–water partition coefficient (Wildman–Crippen LogP) is 2.29. The number of aromatic nitrogens is 5. The zero-order valence-corrected chi connectivity index (χ0v) is 13.3. The van der Waals surface area contributed by atoms with Gasteiger partial charge < -0.3 is 10.1 Å². The van der Waals surface area contributed by atoms with Crippen LogP contribution >= 0.6 is 0 Å². The number of benzene rings is 1. The molecule has 0 aliphatic rings. The van der Waals surface area contributed by atoms with Gasteiger partial charge in [-0.2, -0.15) is 15.0 Å². The highest BCUT2D eigenvalue weighted by molar-refractivity contribution is 5.95. The summed E-state index contributed by atoms with van der Waals surface area (Å²) in [5, 5.41) is 11.3. The second-order valence-corrected chi connectivity index (χ2v) is 4.89. The molecule has 122 valence electrons. The van der Waals surface area contributed by atoms with E-state index in [1.807, 2.05) is 24.3 Å². The smallest absolute Gasteiger partial charge is 0.343 e. The van der Waals surface area contributed by atoms with Gasteiger partial charge in [-0.05, 0) is 32.0 Å². The van der Waals surface area contributed by atoms with Crippen molar-refractivity contribution in [2.75, 3.05) is 11.9 Å². The zero-order valence-electron chi connectivity index (χ0n) is 13.3. The van der Waals surface area contributed by atoms with Crippen molar-refractivity contribution in [1.82, 2.24) is 25.0 Å². The number of carbonyl (C=O) groups excluding carboxylic acids is 1. The van der Waals surface area contributed by atoms with Crippen molar-refractivity contribution in [3.63, 3.8) is 0 Å². The maximum Gasteiger partial charge on any atom is 0.343 e. The van der Waals surface area contributed by atoms with Crippen LogP contribution in [0.2, 0.25) is 0 Å². The van der Waals surface area contributed by atoms with E-state index in [-0.39, 0.29) is 12.2 Å². The molecule has 0 atom stereocenters. The van der Waals surface area contributed by atoms with Gasteiger partial charge in [-0.25, -0.2) is 14.8 Å². The lowest BCUT2D eigenvalue weighted by atomic mass is 10.2. The van der Waals surface area contributed by atoms with Gasteiger partial charge in [0.2, 0.25) is 0 Å². The second kappa shape index (κ2) is 6.86. The first-order valence-electron chi connectivity index (χ1n) is 7.42. The number of nitrogens with one attached hydrogen (secondary N) is 1. The lowest BCUT2D eigenvalue weighted by molar-refractivity contribution is 0.0526. The Kier molecular flexibility index (Phi) is 4.46. The monoisotopic (exact) mass is 324 g/mol.